The van der Waals surface area contributed by atoms with Gasteiger partial charge in [0.1, 0.15) is 6.61 Å². The number of hydrogen-bond acceptors (Lipinski definition) is 3. The second kappa shape index (κ2) is 7.08. The third-order valence-corrected chi connectivity index (χ3v) is 3.92. The van der Waals surface area contributed by atoms with Gasteiger partial charge in [-0.1, -0.05) is 43.2 Å². The van der Waals surface area contributed by atoms with Gasteiger partial charge in [0.15, 0.2) is 0 Å². The maximum Gasteiger partial charge on any atom is 0.307 e. The Morgan fingerprint density at radius 2 is 1.85 bits per heavy atom. The van der Waals surface area contributed by atoms with Crippen molar-refractivity contribution in [3.05, 3.63) is 35.9 Å². The van der Waals surface area contributed by atoms with Crippen LogP contribution in [0.3, 0.4) is 0 Å². The number of rotatable bonds is 6. The zero-order valence-electron chi connectivity index (χ0n) is 11.5. The number of ether oxygens (including phenoxy) is 1. The number of carbonyl (C=O) groups excluding carboxylic acids is 1. The van der Waals surface area contributed by atoms with E-state index < -0.39 is 17.9 Å². The normalized spacial score (nSPS) is 16.8. The maximum atomic E-state index is 11.8. The average molecular weight is 276 g/mol. The van der Waals surface area contributed by atoms with Crippen LogP contribution in [-0.2, 0) is 20.9 Å². The fourth-order valence-corrected chi connectivity index (χ4v) is 2.79. The zero-order chi connectivity index (χ0) is 14.4. The van der Waals surface area contributed by atoms with Crippen molar-refractivity contribution in [1.82, 2.24) is 0 Å². The van der Waals surface area contributed by atoms with E-state index in [1.165, 1.54) is 0 Å². The minimum Gasteiger partial charge on any atom is -0.481 e. The molecular formula is C16H20O4. The van der Waals surface area contributed by atoms with Crippen molar-refractivity contribution >= 4 is 11.9 Å². The molecule has 0 radical (unpaired) electrons. The van der Waals surface area contributed by atoms with Gasteiger partial charge < -0.3 is 9.84 Å². The molecule has 1 saturated carbocycles. The number of carbonyl (C=O) groups is 2. The van der Waals surface area contributed by atoms with Crippen molar-refractivity contribution in [3.8, 4) is 0 Å². The highest BCUT2D eigenvalue weighted by Crippen LogP contribution is 2.33. The van der Waals surface area contributed by atoms with Crippen molar-refractivity contribution in [2.75, 3.05) is 0 Å². The molecule has 4 nitrogen and oxygen atoms in total. The van der Waals surface area contributed by atoms with Crippen molar-refractivity contribution in [1.29, 1.82) is 0 Å². The number of benzene rings is 1. The molecule has 0 bridgehead atoms. The molecule has 0 aliphatic heterocycles. The van der Waals surface area contributed by atoms with Crippen LogP contribution in [0, 0.1) is 11.8 Å². The van der Waals surface area contributed by atoms with E-state index in [2.05, 4.69) is 0 Å². The highest BCUT2D eigenvalue weighted by Gasteiger charge is 2.32. The molecule has 0 unspecified atom stereocenters. The number of esters is 1. The second-order valence-electron chi connectivity index (χ2n) is 5.34. The molecule has 4 heteroatoms. The summed E-state index contributed by atoms with van der Waals surface area (Å²) < 4.78 is 5.17. The van der Waals surface area contributed by atoms with E-state index in [0.717, 1.165) is 31.2 Å². The molecule has 1 atom stereocenters. The summed E-state index contributed by atoms with van der Waals surface area (Å²) in [5, 5.41) is 9.26. The van der Waals surface area contributed by atoms with Gasteiger partial charge in [-0.25, -0.2) is 0 Å². The van der Waals surface area contributed by atoms with Gasteiger partial charge in [0.05, 0.1) is 12.3 Å². The van der Waals surface area contributed by atoms with Gasteiger partial charge in [-0.05, 0) is 24.3 Å². The van der Waals surface area contributed by atoms with Crippen molar-refractivity contribution < 1.29 is 19.4 Å². The van der Waals surface area contributed by atoms with Crippen LogP contribution >= 0.6 is 0 Å². The van der Waals surface area contributed by atoms with E-state index in [4.69, 9.17) is 4.74 Å². The largest absolute Gasteiger partial charge is 0.481 e. The third-order valence-electron chi connectivity index (χ3n) is 3.92. The third kappa shape index (κ3) is 4.08. The Hall–Kier alpha value is -1.84. The Labute approximate surface area is 118 Å². The molecule has 0 aromatic heterocycles. The molecule has 1 aromatic rings. The summed E-state index contributed by atoms with van der Waals surface area (Å²) in [7, 11) is 0. The van der Waals surface area contributed by atoms with E-state index in [1.54, 1.807) is 0 Å². The molecule has 108 valence electrons. The van der Waals surface area contributed by atoms with Gasteiger partial charge in [0.2, 0.25) is 0 Å². The molecule has 0 saturated heterocycles. The summed E-state index contributed by atoms with van der Waals surface area (Å²) in [5.41, 5.74) is 0.911. The van der Waals surface area contributed by atoms with Gasteiger partial charge in [0, 0.05) is 0 Å². The fraction of sp³-hybridized carbons (Fsp3) is 0.500. The van der Waals surface area contributed by atoms with E-state index in [0.29, 0.717) is 0 Å². The second-order valence-corrected chi connectivity index (χ2v) is 5.34. The Morgan fingerprint density at radius 3 is 2.45 bits per heavy atom. The number of hydrogen-bond donors (Lipinski definition) is 1. The number of aliphatic carboxylic acids is 1. The molecule has 1 aliphatic rings. The van der Waals surface area contributed by atoms with Crippen LogP contribution in [-0.4, -0.2) is 17.0 Å². The van der Waals surface area contributed by atoms with Crippen molar-refractivity contribution in [2.45, 2.75) is 38.7 Å². The predicted molar refractivity (Wildman–Crippen MR) is 73.9 cm³/mol. The van der Waals surface area contributed by atoms with E-state index >= 15 is 0 Å². The van der Waals surface area contributed by atoms with Crippen LogP contribution in [0.4, 0.5) is 0 Å². The van der Waals surface area contributed by atoms with Crippen LogP contribution in [0.2, 0.25) is 0 Å². The Kier molecular flexibility index (Phi) is 5.16. The Balaban J connectivity index is 1.84. The summed E-state index contributed by atoms with van der Waals surface area (Å²) in [4.78, 5) is 23.1. The summed E-state index contributed by atoms with van der Waals surface area (Å²) in [5.74, 6) is -1.78. The smallest absolute Gasteiger partial charge is 0.307 e. The molecule has 2 rings (SSSR count). The fourth-order valence-electron chi connectivity index (χ4n) is 2.79. The molecule has 1 aromatic carbocycles. The van der Waals surface area contributed by atoms with Crippen LogP contribution < -0.4 is 0 Å². The minimum absolute atomic E-state index is 0.0210. The average Bonchev–Trinajstić information content (AvgIpc) is 2.97. The predicted octanol–water partition coefficient (Wildman–Crippen LogP) is 3.01. The zero-order valence-corrected chi connectivity index (χ0v) is 11.5. The Bertz CT molecular complexity index is 449. The first-order valence-electron chi connectivity index (χ1n) is 7.09. The SMILES string of the molecule is O=C(C[C@@H](C(=O)O)C1CCCC1)OCc1ccccc1. The van der Waals surface area contributed by atoms with Crippen molar-refractivity contribution in [2.24, 2.45) is 11.8 Å². The molecule has 0 spiro atoms. The lowest BCUT2D eigenvalue weighted by atomic mass is 9.88. The minimum atomic E-state index is -0.881. The molecule has 0 heterocycles. The lowest BCUT2D eigenvalue weighted by Crippen LogP contribution is -2.25. The summed E-state index contributed by atoms with van der Waals surface area (Å²) in [6.07, 6.45) is 3.92. The summed E-state index contributed by atoms with van der Waals surface area (Å²) in [6.45, 7) is 0.205. The molecule has 1 aliphatic carbocycles. The summed E-state index contributed by atoms with van der Waals surface area (Å²) >= 11 is 0. The van der Waals surface area contributed by atoms with Crippen LogP contribution in [0.15, 0.2) is 30.3 Å². The van der Waals surface area contributed by atoms with Gasteiger partial charge in [0.25, 0.3) is 0 Å². The lowest BCUT2D eigenvalue weighted by Gasteiger charge is -2.18. The molecule has 1 fully saturated rings. The van der Waals surface area contributed by atoms with E-state index in [9.17, 15) is 14.7 Å². The lowest BCUT2D eigenvalue weighted by molar-refractivity contribution is -0.154. The first-order chi connectivity index (χ1) is 9.66. The first kappa shape index (κ1) is 14.6. The number of carboxylic acids is 1. The van der Waals surface area contributed by atoms with Gasteiger partial charge in [-0.15, -0.1) is 0 Å². The van der Waals surface area contributed by atoms with Crippen LogP contribution in [0.1, 0.15) is 37.7 Å². The molecule has 0 amide bonds. The Morgan fingerprint density at radius 1 is 1.20 bits per heavy atom. The monoisotopic (exact) mass is 276 g/mol. The quantitative estimate of drug-likeness (QED) is 0.811. The van der Waals surface area contributed by atoms with Gasteiger partial charge in [-0.2, -0.15) is 0 Å². The van der Waals surface area contributed by atoms with Crippen LogP contribution in [0.25, 0.3) is 0 Å². The maximum absolute atomic E-state index is 11.8. The topological polar surface area (TPSA) is 63.6 Å². The van der Waals surface area contributed by atoms with Gasteiger partial charge in [-0.3, -0.25) is 9.59 Å². The van der Waals surface area contributed by atoms with E-state index in [1.807, 2.05) is 30.3 Å². The standard InChI is InChI=1S/C16H20O4/c17-15(20-11-12-6-2-1-3-7-12)10-14(16(18)19)13-8-4-5-9-13/h1-3,6-7,13-14H,4-5,8-11H2,(H,18,19)/t14-/m1/s1. The molecular weight excluding hydrogens is 256 g/mol. The van der Waals surface area contributed by atoms with Crippen molar-refractivity contribution in [3.63, 3.8) is 0 Å². The highest BCUT2D eigenvalue weighted by atomic mass is 16.5. The first-order valence-corrected chi connectivity index (χ1v) is 7.09. The molecule has 20 heavy (non-hydrogen) atoms. The van der Waals surface area contributed by atoms with Crippen LogP contribution in [0.5, 0.6) is 0 Å². The summed E-state index contributed by atoms with van der Waals surface area (Å²) in [6, 6.07) is 9.40. The molecule has 1 N–H and O–H groups in total. The van der Waals surface area contributed by atoms with E-state index in [-0.39, 0.29) is 18.9 Å². The number of carboxylic acid groups (broad SMARTS) is 1. The van der Waals surface area contributed by atoms with Gasteiger partial charge >= 0.3 is 11.9 Å². The highest BCUT2D eigenvalue weighted by molar-refractivity contribution is 5.79.